The maximum Gasteiger partial charge on any atom is 0.183 e. The molecule has 2 N–H and O–H groups in total. The number of nitrogens with zero attached hydrogens (tertiary/aromatic N) is 1. The van der Waals surface area contributed by atoms with E-state index in [0.29, 0.717) is 19.7 Å². The molecule has 0 atom stereocenters. The van der Waals surface area contributed by atoms with E-state index in [1.165, 1.54) is 19.3 Å². The molecule has 0 aromatic carbocycles. The minimum Gasteiger partial charge on any atom is -0.550 e. The highest BCUT2D eigenvalue weighted by atomic mass is 16.5. The van der Waals surface area contributed by atoms with E-state index in [1.54, 1.807) is 0 Å². The fraction of sp³-hybridized carbons (Fsp3) is 0.812. The van der Waals surface area contributed by atoms with Crippen LogP contribution in [0, 0.1) is 0 Å². The van der Waals surface area contributed by atoms with Gasteiger partial charge in [0.15, 0.2) is 6.73 Å². The number of allylic oxidation sites excluding steroid dienone is 1. The van der Waals surface area contributed by atoms with E-state index in [1.807, 2.05) is 6.08 Å². The van der Waals surface area contributed by atoms with E-state index in [-0.39, 0.29) is 37.4 Å². The third-order valence-corrected chi connectivity index (χ3v) is 3.66. The molecule has 0 radical (unpaired) electrons. The fourth-order valence-electron chi connectivity index (χ4n) is 2.29. The zero-order valence-electron chi connectivity index (χ0n) is 13.7. The van der Waals surface area contributed by atoms with Gasteiger partial charge in [0.1, 0.15) is 13.1 Å². The normalized spacial score (nSPS) is 12.1. The first-order valence-corrected chi connectivity index (χ1v) is 8.09. The van der Waals surface area contributed by atoms with Crippen LogP contribution in [0.5, 0.6) is 0 Å². The third kappa shape index (κ3) is 10.7. The van der Waals surface area contributed by atoms with Gasteiger partial charge in [-0.25, -0.2) is 0 Å². The highest BCUT2D eigenvalue weighted by Gasteiger charge is 2.26. The maximum absolute atomic E-state index is 10.7. The monoisotopic (exact) mass is 317 g/mol. The predicted molar refractivity (Wildman–Crippen MR) is 82.8 cm³/mol. The van der Waals surface area contributed by atoms with E-state index >= 15 is 0 Å². The Morgan fingerprint density at radius 2 is 1.82 bits per heavy atom. The molecule has 0 bridgehead atoms. The van der Waals surface area contributed by atoms with Gasteiger partial charge in [0.25, 0.3) is 0 Å². The van der Waals surface area contributed by atoms with Crippen LogP contribution in [0.1, 0.15) is 39.0 Å². The topological polar surface area (TPSA) is 89.8 Å². The van der Waals surface area contributed by atoms with Gasteiger partial charge in [-0.15, -0.1) is 0 Å². The van der Waals surface area contributed by atoms with Crippen molar-refractivity contribution in [2.45, 2.75) is 39.0 Å². The number of unbranched alkanes of at least 4 members (excludes halogenated alkanes) is 3. The average molecular weight is 317 g/mol. The summed E-state index contributed by atoms with van der Waals surface area (Å²) in [7, 11) is 0. The molecule has 0 aliphatic carbocycles. The van der Waals surface area contributed by atoms with Crippen molar-refractivity contribution in [2.75, 3.05) is 46.2 Å². The molecule has 6 nitrogen and oxygen atoms in total. The van der Waals surface area contributed by atoms with Crippen LogP contribution in [-0.2, 0) is 9.53 Å². The van der Waals surface area contributed by atoms with Gasteiger partial charge in [-0.2, -0.15) is 0 Å². The summed E-state index contributed by atoms with van der Waals surface area (Å²) in [5, 5.41) is 29.0. The summed E-state index contributed by atoms with van der Waals surface area (Å²) in [4.78, 5) is 10.7. The number of aliphatic carboxylic acids is 1. The summed E-state index contributed by atoms with van der Waals surface area (Å²) in [6, 6.07) is 0. The summed E-state index contributed by atoms with van der Waals surface area (Å²) in [5.74, 6) is -1.13. The molecular formula is C16H31NO5. The third-order valence-electron chi connectivity index (χ3n) is 3.66. The van der Waals surface area contributed by atoms with Crippen LogP contribution in [0.4, 0.5) is 0 Å². The molecular weight excluding hydrogens is 286 g/mol. The highest BCUT2D eigenvalue weighted by molar-refractivity contribution is 5.64. The number of hydrogen-bond donors (Lipinski definition) is 2. The Morgan fingerprint density at radius 1 is 1.14 bits per heavy atom. The second-order valence-corrected chi connectivity index (χ2v) is 5.55. The highest BCUT2D eigenvalue weighted by Crippen LogP contribution is 2.08. The van der Waals surface area contributed by atoms with Crippen molar-refractivity contribution in [1.82, 2.24) is 0 Å². The van der Waals surface area contributed by atoms with E-state index in [0.717, 1.165) is 6.42 Å². The molecule has 0 saturated heterocycles. The van der Waals surface area contributed by atoms with Gasteiger partial charge in [0.05, 0.1) is 26.4 Å². The molecule has 22 heavy (non-hydrogen) atoms. The second-order valence-electron chi connectivity index (χ2n) is 5.55. The van der Waals surface area contributed by atoms with Crippen LogP contribution in [-0.4, -0.2) is 66.9 Å². The van der Waals surface area contributed by atoms with Gasteiger partial charge >= 0.3 is 0 Å². The van der Waals surface area contributed by atoms with Gasteiger partial charge in [0, 0.05) is 12.4 Å². The lowest BCUT2D eigenvalue weighted by atomic mass is 10.2. The van der Waals surface area contributed by atoms with Crippen LogP contribution in [0.3, 0.4) is 0 Å². The van der Waals surface area contributed by atoms with Crippen molar-refractivity contribution in [2.24, 2.45) is 0 Å². The number of ether oxygens (including phenoxy) is 1. The number of aliphatic hydroxyl groups excluding tert-OH is 2. The Labute approximate surface area is 133 Å². The lowest BCUT2D eigenvalue weighted by Gasteiger charge is -2.37. The number of carbonyl (C=O) groups is 1. The Morgan fingerprint density at radius 3 is 2.36 bits per heavy atom. The summed E-state index contributed by atoms with van der Waals surface area (Å²) < 4.78 is 5.82. The number of carboxylic acids is 1. The molecule has 0 spiro atoms. The molecule has 0 unspecified atom stereocenters. The predicted octanol–water partition coefficient (Wildman–Crippen LogP) is 0.0384. The Hall–Kier alpha value is -0.950. The molecule has 130 valence electrons. The SMILES string of the molecule is CCCCC/C=C/COC[N+](CCO)(CCO)CCC(=O)[O-]. The van der Waals surface area contributed by atoms with E-state index < -0.39 is 5.97 Å². The van der Waals surface area contributed by atoms with E-state index in [4.69, 9.17) is 4.74 Å². The number of carbonyl (C=O) groups excluding carboxylic acids is 1. The molecule has 0 saturated carbocycles. The van der Waals surface area contributed by atoms with E-state index in [9.17, 15) is 20.1 Å². The van der Waals surface area contributed by atoms with Crippen molar-refractivity contribution < 1.29 is 29.3 Å². The lowest BCUT2D eigenvalue weighted by molar-refractivity contribution is -0.945. The molecule has 0 heterocycles. The number of aliphatic hydroxyl groups is 2. The zero-order chi connectivity index (χ0) is 16.7. The van der Waals surface area contributed by atoms with Gasteiger partial charge in [-0.05, 0) is 12.8 Å². The number of rotatable bonds is 15. The largest absolute Gasteiger partial charge is 0.550 e. The van der Waals surface area contributed by atoms with Crippen molar-refractivity contribution in [1.29, 1.82) is 0 Å². The quantitative estimate of drug-likeness (QED) is 0.193. The van der Waals surface area contributed by atoms with Crippen LogP contribution in [0.2, 0.25) is 0 Å². The van der Waals surface area contributed by atoms with Crippen LogP contribution in [0.25, 0.3) is 0 Å². The lowest BCUT2D eigenvalue weighted by Crippen LogP contribution is -2.54. The van der Waals surface area contributed by atoms with Crippen molar-refractivity contribution in [3.05, 3.63) is 12.2 Å². The summed E-state index contributed by atoms with van der Waals surface area (Å²) in [6.07, 6.45) is 8.57. The first kappa shape index (κ1) is 21.0. The second kappa shape index (κ2) is 13.7. The molecule has 0 fully saturated rings. The Bertz CT molecular complexity index is 301. The molecule has 6 heteroatoms. The van der Waals surface area contributed by atoms with Crippen LogP contribution in [0.15, 0.2) is 12.2 Å². The first-order chi connectivity index (χ1) is 10.6. The Kier molecular flexibility index (Phi) is 13.1. The summed E-state index contributed by atoms with van der Waals surface area (Å²) >= 11 is 0. The van der Waals surface area contributed by atoms with Crippen molar-refractivity contribution in [3.63, 3.8) is 0 Å². The average Bonchev–Trinajstić information content (AvgIpc) is 2.48. The fourth-order valence-corrected chi connectivity index (χ4v) is 2.29. The number of carboxylic acid groups (broad SMARTS) is 1. The van der Waals surface area contributed by atoms with Gasteiger partial charge in [-0.1, -0.05) is 31.9 Å². The smallest absolute Gasteiger partial charge is 0.183 e. The maximum atomic E-state index is 10.7. The van der Waals surface area contributed by atoms with Gasteiger partial charge < -0.3 is 24.9 Å². The molecule has 0 amide bonds. The molecule has 0 aromatic rings. The summed E-state index contributed by atoms with van der Waals surface area (Å²) in [5.41, 5.74) is 0. The molecule has 0 rings (SSSR count). The first-order valence-electron chi connectivity index (χ1n) is 8.09. The molecule has 0 aliphatic heterocycles. The molecule has 0 aromatic heterocycles. The van der Waals surface area contributed by atoms with Crippen LogP contribution >= 0.6 is 0 Å². The zero-order valence-corrected chi connectivity index (χ0v) is 13.7. The summed E-state index contributed by atoms with van der Waals surface area (Å²) in [6.45, 7) is 3.72. The van der Waals surface area contributed by atoms with Gasteiger partial charge in [-0.3, -0.25) is 4.48 Å². The molecule has 0 aliphatic rings. The minimum absolute atomic E-state index is 0.0801. The number of hydrogen-bond acceptors (Lipinski definition) is 5. The van der Waals surface area contributed by atoms with E-state index in [2.05, 4.69) is 13.0 Å². The van der Waals surface area contributed by atoms with Crippen molar-refractivity contribution in [3.8, 4) is 0 Å². The van der Waals surface area contributed by atoms with Crippen LogP contribution < -0.4 is 5.11 Å². The van der Waals surface area contributed by atoms with Crippen molar-refractivity contribution >= 4 is 5.97 Å². The number of quaternary nitrogens is 1. The Balaban J connectivity index is 4.23. The standard InChI is InChI=1S/C16H31NO5/c1-2-3-4-5-6-7-14-22-15-17(10-12-18,11-13-19)9-8-16(20)21/h6-7,18-19H,2-5,8-15H2,1H3/b7-6+. The minimum atomic E-state index is -1.13. The van der Waals surface area contributed by atoms with Gasteiger partial charge in [0.2, 0.25) is 0 Å².